The van der Waals surface area contributed by atoms with Crippen LogP contribution in [0.3, 0.4) is 0 Å². The topological polar surface area (TPSA) is 159 Å². The van der Waals surface area contributed by atoms with Crippen LogP contribution in [0.2, 0.25) is 0 Å². The summed E-state index contributed by atoms with van der Waals surface area (Å²) in [6.45, 7) is 1.31. The predicted octanol–water partition coefficient (Wildman–Crippen LogP) is -0.608. The molecule has 0 saturated carbocycles. The van der Waals surface area contributed by atoms with Gasteiger partial charge in [-0.3, -0.25) is 4.79 Å². The fraction of sp³-hybridized carbons (Fsp3) is 0.500. The van der Waals surface area contributed by atoms with E-state index in [1.807, 2.05) is 0 Å². The maximum Gasteiger partial charge on any atom is 0.291 e. The summed E-state index contributed by atoms with van der Waals surface area (Å²) in [4.78, 5) is 25.6. The Balaban J connectivity index is -0.0000000389. The van der Waals surface area contributed by atoms with Crippen molar-refractivity contribution in [3.05, 3.63) is 20.2 Å². The van der Waals surface area contributed by atoms with E-state index in [0.29, 0.717) is 0 Å². The smallest absolute Gasteiger partial charge is 0.291 e. The van der Waals surface area contributed by atoms with Crippen LogP contribution in [0.1, 0.15) is 6.92 Å². The normalized spacial score (nSPS) is 5.08. The second-order valence-corrected chi connectivity index (χ2v) is 0.923. The van der Waals surface area contributed by atoms with Gasteiger partial charge in [0.05, 0.1) is 0 Å². The first-order valence-corrected chi connectivity index (χ1v) is 1.92. The Morgan fingerprint density at radius 1 is 1.67 bits per heavy atom. The molecule has 0 heterocycles. The van der Waals surface area contributed by atoms with E-state index in [9.17, 15) is 4.79 Å². The van der Waals surface area contributed by atoms with Crippen molar-refractivity contribution in [2.24, 2.45) is 11.1 Å². The van der Waals surface area contributed by atoms with Gasteiger partial charge in [-0.15, -0.1) is 15.5 Å². The molecule has 0 aromatic heterocycles. The van der Waals surface area contributed by atoms with Crippen LogP contribution in [0.25, 0.3) is 0 Å². The monoisotopic (exact) mass is 275 g/mol. The number of hydrogen-bond donors (Lipinski definition) is 2. The fourth-order valence-electron chi connectivity index (χ4n) is 0. The van der Waals surface area contributed by atoms with Crippen LogP contribution in [0.15, 0.2) is 5.34 Å². The Morgan fingerprint density at radius 3 is 1.67 bits per heavy atom. The zero-order valence-corrected chi connectivity index (χ0v) is 7.24. The second-order valence-electron chi connectivity index (χ2n) is 0.923. The number of nitrogens with zero attached hydrogens (tertiary/aromatic N) is 2. The average molecular weight is 276 g/mol. The van der Waals surface area contributed by atoms with Crippen molar-refractivity contribution < 1.29 is 37.5 Å². The molecule has 0 saturated heterocycles. The molecule has 10 heteroatoms. The summed E-state index contributed by atoms with van der Waals surface area (Å²) in [5.41, 5.74) is 4.47. The Labute approximate surface area is 82.1 Å². The minimum absolute atomic E-state index is 0. The molecule has 0 unspecified atom stereocenters. The Morgan fingerprint density at radius 2 is 1.67 bits per heavy atom. The first-order valence-electron chi connectivity index (χ1n) is 1.92. The molecule has 12 heavy (non-hydrogen) atoms. The van der Waals surface area contributed by atoms with Crippen molar-refractivity contribution >= 4 is 5.91 Å². The second kappa shape index (κ2) is 22.6. The predicted molar refractivity (Wildman–Crippen MR) is 32.8 cm³/mol. The third-order valence-corrected chi connectivity index (χ3v) is 0. The van der Waals surface area contributed by atoms with Gasteiger partial charge in [-0.05, 0) is 0 Å². The van der Waals surface area contributed by atoms with E-state index in [1.54, 1.807) is 0 Å². The van der Waals surface area contributed by atoms with E-state index < -0.39 is 5.09 Å². The third-order valence-electron chi connectivity index (χ3n) is 0. The molecule has 0 aromatic rings. The van der Waals surface area contributed by atoms with Crippen LogP contribution in [0.4, 0.5) is 0 Å². The van der Waals surface area contributed by atoms with Crippen molar-refractivity contribution in [1.29, 1.82) is 0 Å². The molecule has 0 aliphatic carbocycles. The number of rotatable bonds is 0. The van der Waals surface area contributed by atoms with Crippen molar-refractivity contribution in [3.63, 3.8) is 0 Å². The van der Waals surface area contributed by atoms with Crippen LogP contribution in [-0.2, 0) is 27.2 Å². The van der Waals surface area contributed by atoms with E-state index in [0.717, 1.165) is 5.34 Å². The summed E-state index contributed by atoms with van der Waals surface area (Å²) in [5, 5.41) is 22.6. The van der Waals surface area contributed by atoms with E-state index in [1.165, 1.54) is 6.92 Å². The van der Waals surface area contributed by atoms with Crippen LogP contribution in [0.5, 0.6) is 0 Å². The van der Waals surface area contributed by atoms with Crippen molar-refractivity contribution in [1.82, 2.24) is 0 Å². The molecule has 0 fully saturated rings. The van der Waals surface area contributed by atoms with E-state index in [-0.39, 0.29) is 28.3 Å². The number of carbonyl (C=O) groups is 1. The third kappa shape index (κ3) is 380. The molecular weight excluding hydrogens is 270 g/mol. The molecule has 0 aliphatic heterocycles. The zero-order valence-electron chi connectivity index (χ0n) is 5.76. The zero-order chi connectivity index (χ0) is 9.86. The molecule has 1 amide bonds. The van der Waals surface area contributed by atoms with Gasteiger partial charge in [0.25, 0.3) is 5.09 Å². The fourth-order valence-corrected chi connectivity index (χ4v) is 0. The maximum absolute atomic E-state index is 9.22. The van der Waals surface area contributed by atoms with Crippen LogP contribution in [0, 0.1) is 20.2 Å². The minimum atomic E-state index is -1.50. The van der Waals surface area contributed by atoms with Gasteiger partial charge in [0, 0.05) is 29.3 Å². The molecular formula is C2H6AgN3O6-. The van der Waals surface area contributed by atoms with Gasteiger partial charge in [-0.1, -0.05) is 0 Å². The molecule has 0 aromatic carbocycles. The van der Waals surface area contributed by atoms with Gasteiger partial charge in [0.15, 0.2) is 0 Å². The summed E-state index contributed by atoms with van der Waals surface area (Å²) < 4.78 is 0. The molecule has 0 aliphatic rings. The molecule has 1 radical (unpaired) electrons. The molecule has 77 valence electrons. The summed E-state index contributed by atoms with van der Waals surface area (Å²) in [5.74, 6) is -0.333. The number of amides is 1. The quantitative estimate of drug-likeness (QED) is 0.260. The number of hydrogen-bond acceptors (Lipinski definition) is 6. The SMILES string of the molecule is CC(N)=O.O=N[O-].O=[N+]([O-])O.[Ag]. The van der Waals surface area contributed by atoms with Crippen molar-refractivity contribution in [2.45, 2.75) is 6.92 Å². The molecule has 0 bridgehead atoms. The number of nitrogens with two attached hydrogens (primary N) is 1. The van der Waals surface area contributed by atoms with Crippen molar-refractivity contribution in [3.8, 4) is 0 Å². The van der Waals surface area contributed by atoms with Crippen LogP contribution in [-0.4, -0.2) is 16.2 Å². The van der Waals surface area contributed by atoms with Gasteiger partial charge in [0.1, 0.15) is 0 Å². The van der Waals surface area contributed by atoms with E-state index >= 15 is 0 Å². The maximum atomic E-state index is 9.22. The molecule has 3 N–H and O–H groups in total. The Kier molecular flexibility index (Phi) is 42.2. The summed E-state index contributed by atoms with van der Waals surface area (Å²) in [6, 6.07) is 0. The largest absolute Gasteiger partial charge is 0.444 e. The molecule has 9 nitrogen and oxygen atoms in total. The van der Waals surface area contributed by atoms with Gasteiger partial charge in [0.2, 0.25) is 5.91 Å². The number of carbonyl (C=O) groups excluding carboxylic acids is 1. The van der Waals surface area contributed by atoms with Gasteiger partial charge >= 0.3 is 0 Å². The minimum Gasteiger partial charge on any atom is -0.444 e. The van der Waals surface area contributed by atoms with Crippen LogP contribution >= 0.6 is 0 Å². The number of primary amides is 1. The molecule has 0 spiro atoms. The summed E-state index contributed by atoms with van der Waals surface area (Å²) in [6.07, 6.45) is 0. The average Bonchev–Trinajstić information content (AvgIpc) is 1.60. The van der Waals surface area contributed by atoms with Crippen molar-refractivity contribution in [2.75, 3.05) is 0 Å². The Bertz CT molecular complexity index is 108. The first-order chi connectivity index (χ1) is 4.88. The first kappa shape index (κ1) is 22.4. The standard InChI is InChI=1S/C2H5NO.Ag.HNO3.HNO2/c1-2(3)4;;2-1(3)4;2-1-3/h1H3,(H2,3,4);;(H,2,3,4);(H,2,3)/p-1. The van der Waals surface area contributed by atoms with Gasteiger partial charge in [-0.25, -0.2) is 0 Å². The Hall–Kier alpha value is -1.19. The molecule has 0 atom stereocenters. The van der Waals surface area contributed by atoms with E-state index in [4.69, 9.17) is 25.4 Å². The van der Waals surface area contributed by atoms with Crippen LogP contribution < -0.4 is 5.73 Å². The molecule has 0 rings (SSSR count). The summed E-state index contributed by atoms with van der Waals surface area (Å²) >= 11 is 0. The van der Waals surface area contributed by atoms with Gasteiger partial charge in [-0.2, -0.15) is 0 Å². The van der Waals surface area contributed by atoms with Gasteiger partial charge < -0.3 is 21.1 Å². The summed E-state index contributed by atoms with van der Waals surface area (Å²) in [7, 11) is 0. The van der Waals surface area contributed by atoms with E-state index in [2.05, 4.69) is 5.73 Å².